The molecular weight excluding hydrogens is 449 g/mol. The van der Waals surface area contributed by atoms with Crippen LogP contribution >= 0.6 is 34.8 Å². The average Bonchev–Trinajstić information content (AvgIpc) is 2.96. The molecule has 0 amide bonds. The Hall–Kier alpha value is -2.61. The lowest BCUT2D eigenvalue weighted by molar-refractivity contribution is 0.0691. The molecule has 0 fully saturated rings. The maximum Gasteiger partial charge on any atom is 0.356 e. The third kappa shape index (κ3) is 4.59. The monoisotopic (exact) mass is 465 g/mol. The fourth-order valence-corrected chi connectivity index (χ4v) is 3.50. The number of anilines is 1. The molecule has 0 atom stereocenters. The van der Waals surface area contributed by atoms with Crippen LogP contribution in [0.3, 0.4) is 0 Å². The smallest absolute Gasteiger partial charge is 0.356 e. The molecule has 0 aliphatic carbocycles. The molecule has 0 aliphatic rings. The highest BCUT2D eigenvalue weighted by Gasteiger charge is 2.20. The van der Waals surface area contributed by atoms with Crippen molar-refractivity contribution in [3.8, 4) is 0 Å². The van der Waals surface area contributed by atoms with Crippen LogP contribution in [0.5, 0.6) is 0 Å². The van der Waals surface area contributed by atoms with Crippen LogP contribution in [0.2, 0.25) is 15.2 Å². The Morgan fingerprint density at radius 3 is 2.47 bits per heavy atom. The van der Waals surface area contributed by atoms with E-state index in [0.29, 0.717) is 6.54 Å². The number of aryl methyl sites for hydroxylation is 2. The number of carboxylic acid groups (broad SMARTS) is 1. The van der Waals surface area contributed by atoms with Crippen molar-refractivity contribution >= 4 is 52.7 Å². The maximum absolute atomic E-state index is 11.3. The number of hydrogen-bond donors (Lipinski definition) is 2. The van der Waals surface area contributed by atoms with Crippen molar-refractivity contribution in [1.82, 2.24) is 14.8 Å². The number of aromatic carboxylic acids is 1. The number of rotatable bonds is 6. The largest absolute Gasteiger partial charge is 0.476 e. The van der Waals surface area contributed by atoms with E-state index >= 15 is 0 Å². The summed E-state index contributed by atoms with van der Waals surface area (Å²) >= 11 is 18.1. The molecule has 2 N–H and O–H groups in total. The Labute approximate surface area is 188 Å². The van der Waals surface area contributed by atoms with E-state index in [2.05, 4.69) is 44.9 Å². The third-order valence-electron chi connectivity index (χ3n) is 4.50. The Balaban J connectivity index is 1.85. The fraction of sp³-hybridized carbons (Fsp3) is 0.200. The second-order valence-electron chi connectivity index (χ2n) is 6.66. The summed E-state index contributed by atoms with van der Waals surface area (Å²) in [5, 5.41) is 17.5. The van der Waals surface area contributed by atoms with Gasteiger partial charge in [0.1, 0.15) is 10.0 Å². The van der Waals surface area contributed by atoms with E-state index in [9.17, 15) is 9.90 Å². The second kappa shape index (κ2) is 9.04. The first-order valence-corrected chi connectivity index (χ1v) is 9.98. The molecule has 0 radical (unpaired) electrons. The van der Waals surface area contributed by atoms with Gasteiger partial charge in [0, 0.05) is 11.3 Å². The summed E-state index contributed by atoms with van der Waals surface area (Å²) in [6, 6.07) is 8.26. The standard InChI is InChI=1S/C20H18Cl3N5O2/c1-10-4-6-13(7-5-10)9-28-12(3)14(11(2)27-28)8-24-26-17-15(21)18(20(29)30)25-19(23)16(17)22/h4-8H,9H2,1-3H3,(H,25,26)(H,29,30). The Morgan fingerprint density at radius 2 is 1.83 bits per heavy atom. The van der Waals surface area contributed by atoms with Crippen LogP contribution in [-0.4, -0.2) is 32.1 Å². The lowest BCUT2D eigenvalue weighted by Gasteiger charge is -2.09. The topological polar surface area (TPSA) is 92.4 Å². The van der Waals surface area contributed by atoms with Crippen LogP contribution in [0.15, 0.2) is 29.4 Å². The van der Waals surface area contributed by atoms with Gasteiger partial charge in [0.05, 0.1) is 24.1 Å². The molecule has 156 valence electrons. The molecule has 3 aromatic rings. The van der Waals surface area contributed by atoms with Gasteiger partial charge in [0.15, 0.2) is 10.8 Å². The summed E-state index contributed by atoms with van der Waals surface area (Å²) in [7, 11) is 0. The minimum atomic E-state index is -1.32. The first-order chi connectivity index (χ1) is 14.2. The lowest BCUT2D eigenvalue weighted by atomic mass is 10.1. The molecule has 0 saturated carbocycles. The third-order valence-corrected chi connectivity index (χ3v) is 5.61. The van der Waals surface area contributed by atoms with Crippen molar-refractivity contribution in [2.75, 3.05) is 5.43 Å². The predicted molar refractivity (Wildman–Crippen MR) is 119 cm³/mol. The van der Waals surface area contributed by atoms with Crippen LogP contribution in [-0.2, 0) is 6.54 Å². The van der Waals surface area contributed by atoms with Crippen LogP contribution < -0.4 is 5.43 Å². The highest BCUT2D eigenvalue weighted by molar-refractivity contribution is 6.46. The predicted octanol–water partition coefficient (Wildman–Crippen LogP) is 5.36. The molecule has 30 heavy (non-hydrogen) atoms. The number of aromatic nitrogens is 3. The van der Waals surface area contributed by atoms with E-state index in [-0.39, 0.29) is 20.9 Å². The summed E-state index contributed by atoms with van der Waals surface area (Å²) in [6.45, 7) is 6.50. The van der Waals surface area contributed by atoms with E-state index in [1.807, 2.05) is 25.5 Å². The van der Waals surface area contributed by atoms with E-state index in [1.54, 1.807) is 6.21 Å². The van der Waals surface area contributed by atoms with Gasteiger partial charge in [0.25, 0.3) is 0 Å². The number of hydrazone groups is 1. The van der Waals surface area contributed by atoms with E-state index in [1.165, 1.54) is 5.56 Å². The van der Waals surface area contributed by atoms with Crippen molar-refractivity contribution < 1.29 is 9.90 Å². The summed E-state index contributed by atoms with van der Waals surface area (Å²) in [5.41, 5.74) is 7.19. The zero-order valence-corrected chi connectivity index (χ0v) is 18.6. The van der Waals surface area contributed by atoms with Crippen molar-refractivity contribution in [1.29, 1.82) is 0 Å². The van der Waals surface area contributed by atoms with Gasteiger partial charge >= 0.3 is 5.97 Å². The number of nitrogens with zero attached hydrogens (tertiary/aromatic N) is 4. The van der Waals surface area contributed by atoms with Gasteiger partial charge in [-0.3, -0.25) is 10.1 Å². The summed E-state index contributed by atoms with van der Waals surface area (Å²) in [4.78, 5) is 14.9. The van der Waals surface area contributed by atoms with Crippen LogP contribution in [0.4, 0.5) is 5.69 Å². The van der Waals surface area contributed by atoms with Gasteiger partial charge in [-0.25, -0.2) is 9.78 Å². The number of halogens is 3. The van der Waals surface area contributed by atoms with Crippen molar-refractivity contribution in [3.05, 3.63) is 73.2 Å². The van der Waals surface area contributed by atoms with Gasteiger partial charge in [-0.05, 0) is 26.3 Å². The molecule has 0 unspecified atom stereocenters. The molecule has 0 spiro atoms. The first kappa shape index (κ1) is 22.1. The number of carboxylic acids is 1. The summed E-state index contributed by atoms with van der Waals surface area (Å²) in [5.74, 6) is -1.32. The Kier molecular flexibility index (Phi) is 6.65. The van der Waals surface area contributed by atoms with Crippen LogP contribution in [0.25, 0.3) is 0 Å². The van der Waals surface area contributed by atoms with E-state index < -0.39 is 11.7 Å². The second-order valence-corrected chi connectivity index (χ2v) is 7.77. The number of nitrogens with one attached hydrogen (secondary N) is 1. The summed E-state index contributed by atoms with van der Waals surface area (Å²) < 4.78 is 1.90. The molecule has 0 saturated heterocycles. The molecule has 0 bridgehead atoms. The molecule has 10 heteroatoms. The van der Waals surface area contributed by atoms with Gasteiger partial charge in [-0.1, -0.05) is 64.6 Å². The fourth-order valence-electron chi connectivity index (χ4n) is 2.83. The highest BCUT2D eigenvalue weighted by Crippen LogP contribution is 2.36. The normalized spacial score (nSPS) is 11.3. The van der Waals surface area contributed by atoms with E-state index in [0.717, 1.165) is 22.5 Å². The zero-order chi connectivity index (χ0) is 22.0. The Bertz CT molecular complexity index is 1140. The molecular formula is C20H18Cl3N5O2. The lowest BCUT2D eigenvalue weighted by Crippen LogP contribution is -2.05. The molecule has 7 nitrogen and oxygen atoms in total. The van der Waals surface area contributed by atoms with E-state index in [4.69, 9.17) is 34.8 Å². The molecule has 0 aliphatic heterocycles. The first-order valence-electron chi connectivity index (χ1n) is 8.85. The number of benzene rings is 1. The van der Waals surface area contributed by atoms with Crippen LogP contribution in [0.1, 0.15) is 38.6 Å². The molecule has 2 aromatic heterocycles. The quantitative estimate of drug-likeness (QED) is 0.290. The zero-order valence-electron chi connectivity index (χ0n) is 16.4. The van der Waals surface area contributed by atoms with Crippen LogP contribution in [0, 0.1) is 20.8 Å². The van der Waals surface area contributed by atoms with Crippen molar-refractivity contribution in [3.63, 3.8) is 0 Å². The SMILES string of the molecule is Cc1ccc(Cn2nc(C)c(C=NNc3c(Cl)c(Cl)nc(C(=O)O)c3Cl)c2C)cc1. The van der Waals surface area contributed by atoms with Crippen molar-refractivity contribution in [2.24, 2.45) is 5.10 Å². The van der Waals surface area contributed by atoms with Gasteiger partial charge in [-0.2, -0.15) is 10.2 Å². The average molecular weight is 467 g/mol. The number of carbonyl (C=O) groups is 1. The molecule has 1 aromatic carbocycles. The van der Waals surface area contributed by atoms with Gasteiger partial charge in [0.2, 0.25) is 0 Å². The maximum atomic E-state index is 11.3. The Morgan fingerprint density at radius 1 is 1.17 bits per heavy atom. The highest BCUT2D eigenvalue weighted by atomic mass is 35.5. The number of pyridine rings is 1. The number of hydrogen-bond acceptors (Lipinski definition) is 5. The summed E-state index contributed by atoms with van der Waals surface area (Å²) in [6.07, 6.45) is 1.57. The van der Waals surface area contributed by atoms with Crippen molar-refractivity contribution in [2.45, 2.75) is 27.3 Å². The molecule has 3 rings (SSSR count). The van der Waals surface area contributed by atoms with Gasteiger partial charge < -0.3 is 5.11 Å². The van der Waals surface area contributed by atoms with Gasteiger partial charge in [-0.15, -0.1) is 0 Å². The minimum absolute atomic E-state index is 0.0210. The molecule has 2 heterocycles. The minimum Gasteiger partial charge on any atom is -0.476 e.